The van der Waals surface area contributed by atoms with Crippen molar-refractivity contribution in [3.05, 3.63) is 0 Å². The van der Waals surface area contributed by atoms with Gasteiger partial charge < -0.3 is 0 Å². The topological polar surface area (TPSA) is 32.7 Å². The lowest BCUT2D eigenvalue weighted by Gasteiger charge is -2.18. The van der Waals surface area contributed by atoms with Crippen molar-refractivity contribution in [3.63, 3.8) is 0 Å². The summed E-state index contributed by atoms with van der Waals surface area (Å²) in [7, 11) is 0. The number of carbonyl (C=O) groups excluding carboxylic acids is 1. The van der Waals surface area contributed by atoms with Crippen LogP contribution >= 0.6 is 0 Å². The average Bonchev–Trinajstić information content (AvgIpc) is 2.45. The highest BCUT2D eigenvalue weighted by Crippen LogP contribution is 2.29. The second kappa shape index (κ2) is 3.13. The number of hydrogen-bond donors (Lipinski definition) is 0. The predicted molar refractivity (Wildman–Crippen MR) is 51.4 cm³/mol. The molecule has 3 nitrogen and oxygen atoms in total. The third-order valence-corrected chi connectivity index (χ3v) is 2.83. The van der Waals surface area contributed by atoms with Crippen LogP contribution in [0.3, 0.4) is 0 Å². The summed E-state index contributed by atoms with van der Waals surface area (Å²) in [5, 5.41) is 6.05. The summed E-state index contributed by atoms with van der Waals surface area (Å²) in [4.78, 5) is 11.8. The lowest BCUT2D eigenvalue weighted by molar-refractivity contribution is -0.133. The molecule has 0 aromatic carbocycles. The SMILES string of the molecule is CC(C)N1N=C2CCCCC2C1=O. The van der Waals surface area contributed by atoms with E-state index in [9.17, 15) is 4.79 Å². The van der Waals surface area contributed by atoms with Crippen LogP contribution in [0.1, 0.15) is 39.5 Å². The molecule has 0 bridgehead atoms. The van der Waals surface area contributed by atoms with Gasteiger partial charge in [0.05, 0.1) is 11.6 Å². The van der Waals surface area contributed by atoms with E-state index >= 15 is 0 Å². The minimum Gasteiger partial charge on any atom is -0.272 e. The van der Waals surface area contributed by atoms with E-state index in [0.29, 0.717) is 0 Å². The third-order valence-electron chi connectivity index (χ3n) is 2.83. The Bertz CT molecular complexity index is 258. The van der Waals surface area contributed by atoms with Crippen LogP contribution in [0, 0.1) is 5.92 Å². The first kappa shape index (κ1) is 8.73. The number of rotatable bonds is 1. The summed E-state index contributed by atoms with van der Waals surface area (Å²) in [5.41, 5.74) is 1.13. The first-order chi connectivity index (χ1) is 6.20. The highest BCUT2D eigenvalue weighted by molar-refractivity contribution is 6.08. The standard InChI is InChI=1S/C10H16N2O/c1-7(2)12-10(13)8-5-3-4-6-9(8)11-12/h7-8H,3-6H2,1-2H3. The minimum atomic E-state index is 0.135. The van der Waals surface area contributed by atoms with Gasteiger partial charge in [0.2, 0.25) is 0 Å². The zero-order chi connectivity index (χ0) is 9.42. The number of fused-ring (bicyclic) bond motifs is 1. The van der Waals surface area contributed by atoms with Gasteiger partial charge in [-0.1, -0.05) is 6.42 Å². The number of amides is 1. The first-order valence-electron chi connectivity index (χ1n) is 5.10. The van der Waals surface area contributed by atoms with Gasteiger partial charge >= 0.3 is 0 Å². The van der Waals surface area contributed by atoms with Crippen LogP contribution in [0.5, 0.6) is 0 Å². The molecule has 0 saturated heterocycles. The molecule has 1 aliphatic heterocycles. The van der Waals surface area contributed by atoms with Crippen LogP contribution in [0.2, 0.25) is 0 Å². The van der Waals surface area contributed by atoms with E-state index in [-0.39, 0.29) is 17.9 Å². The zero-order valence-electron chi connectivity index (χ0n) is 8.29. The summed E-state index contributed by atoms with van der Waals surface area (Å²) in [6.07, 6.45) is 4.43. The molecule has 1 amide bonds. The van der Waals surface area contributed by atoms with Crippen molar-refractivity contribution in [2.75, 3.05) is 0 Å². The molecule has 0 aromatic heterocycles. The van der Waals surface area contributed by atoms with Crippen LogP contribution in [0.15, 0.2) is 5.10 Å². The summed E-state index contributed by atoms with van der Waals surface area (Å²) in [6, 6.07) is 0.214. The Kier molecular flexibility index (Phi) is 2.10. The van der Waals surface area contributed by atoms with Crippen LogP contribution in [0.4, 0.5) is 0 Å². The maximum atomic E-state index is 11.8. The Balaban J connectivity index is 2.19. The van der Waals surface area contributed by atoms with Crippen molar-refractivity contribution in [1.82, 2.24) is 5.01 Å². The predicted octanol–water partition coefficient (Wildman–Crippen LogP) is 1.78. The normalized spacial score (nSPS) is 27.9. The molecule has 0 N–H and O–H groups in total. The maximum Gasteiger partial charge on any atom is 0.251 e. The van der Waals surface area contributed by atoms with Crippen molar-refractivity contribution in [1.29, 1.82) is 0 Å². The van der Waals surface area contributed by atoms with E-state index in [4.69, 9.17) is 0 Å². The summed E-state index contributed by atoms with van der Waals surface area (Å²) in [5.74, 6) is 0.362. The Morgan fingerprint density at radius 1 is 1.46 bits per heavy atom. The van der Waals surface area contributed by atoms with E-state index in [1.54, 1.807) is 5.01 Å². The van der Waals surface area contributed by atoms with E-state index in [0.717, 1.165) is 18.6 Å². The number of hydrazone groups is 1. The smallest absolute Gasteiger partial charge is 0.251 e. The third kappa shape index (κ3) is 1.36. The largest absolute Gasteiger partial charge is 0.272 e. The second-order valence-corrected chi connectivity index (χ2v) is 4.17. The lowest BCUT2D eigenvalue weighted by atomic mass is 9.87. The van der Waals surface area contributed by atoms with E-state index in [2.05, 4.69) is 5.10 Å². The molecular formula is C10H16N2O. The Morgan fingerprint density at radius 2 is 2.23 bits per heavy atom. The number of carbonyl (C=O) groups is 1. The van der Waals surface area contributed by atoms with Crippen molar-refractivity contribution in [3.8, 4) is 0 Å². The molecule has 0 radical (unpaired) electrons. The first-order valence-corrected chi connectivity index (χ1v) is 5.10. The van der Waals surface area contributed by atoms with Crippen molar-refractivity contribution < 1.29 is 4.79 Å². The Morgan fingerprint density at radius 3 is 2.85 bits per heavy atom. The fourth-order valence-electron chi connectivity index (χ4n) is 2.10. The molecule has 1 unspecified atom stereocenters. The van der Waals surface area contributed by atoms with E-state index < -0.39 is 0 Å². The van der Waals surface area contributed by atoms with E-state index in [1.807, 2.05) is 13.8 Å². The second-order valence-electron chi connectivity index (χ2n) is 4.17. The summed E-state index contributed by atoms with van der Waals surface area (Å²) < 4.78 is 0. The maximum absolute atomic E-state index is 11.8. The molecule has 0 aromatic rings. The molecule has 0 spiro atoms. The zero-order valence-corrected chi connectivity index (χ0v) is 8.29. The van der Waals surface area contributed by atoms with Gasteiger partial charge in [0.15, 0.2) is 0 Å². The molecule has 13 heavy (non-hydrogen) atoms. The van der Waals surface area contributed by atoms with Crippen LogP contribution in [-0.4, -0.2) is 22.7 Å². The van der Waals surface area contributed by atoms with Gasteiger partial charge in [-0.2, -0.15) is 5.10 Å². The minimum absolute atomic E-state index is 0.135. The average molecular weight is 180 g/mol. The highest BCUT2D eigenvalue weighted by atomic mass is 16.2. The number of nitrogens with zero attached hydrogens (tertiary/aromatic N) is 2. The summed E-state index contributed by atoms with van der Waals surface area (Å²) >= 11 is 0. The van der Waals surface area contributed by atoms with Gasteiger partial charge in [-0.15, -0.1) is 0 Å². The van der Waals surface area contributed by atoms with Gasteiger partial charge in [-0.25, -0.2) is 5.01 Å². The molecule has 72 valence electrons. The molecule has 3 heteroatoms. The Hall–Kier alpha value is -0.860. The molecule has 1 fully saturated rings. The molecular weight excluding hydrogens is 164 g/mol. The van der Waals surface area contributed by atoms with Crippen LogP contribution < -0.4 is 0 Å². The highest BCUT2D eigenvalue weighted by Gasteiger charge is 2.37. The number of hydrogen-bond acceptors (Lipinski definition) is 2. The molecule has 2 aliphatic rings. The molecule has 1 heterocycles. The van der Waals surface area contributed by atoms with Gasteiger partial charge in [0, 0.05) is 6.04 Å². The Labute approximate surface area is 78.8 Å². The van der Waals surface area contributed by atoms with Crippen molar-refractivity contribution in [2.45, 2.75) is 45.6 Å². The van der Waals surface area contributed by atoms with Crippen molar-refractivity contribution in [2.24, 2.45) is 11.0 Å². The van der Waals surface area contributed by atoms with Gasteiger partial charge in [0.25, 0.3) is 5.91 Å². The quantitative estimate of drug-likeness (QED) is 0.605. The summed E-state index contributed by atoms with van der Waals surface area (Å²) in [6.45, 7) is 4.03. The van der Waals surface area contributed by atoms with Gasteiger partial charge in [-0.05, 0) is 33.1 Å². The van der Waals surface area contributed by atoms with Gasteiger partial charge in [0.1, 0.15) is 0 Å². The van der Waals surface area contributed by atoms with E-state index in [1.165, 1.54) is 12.8 Å². The molecule has 1 aliphatic carbocycles. The monoisotopic (exact) mass is 180 g/mol. The van der Waals surface area contributed by atoms with Crippen LogP contribution in [0.25, 0.3) is 0 Å². The van der Waals surface area contributed by atoms with Gasteiger partial charge in [-0.3, -0.25) is 4.79 Å². The lowest BCUT2D eigenvalue weighted by Crippen LogP contribution is -2.33. The van der Waals surface area contributed by atoms with Crippen LogP contribution in [-0.2, 0) is 4.79 Å². The molecule has 1 saturated carbocycles. The van der Waals surface area contributed by atoms with Crippen molar-refractivity contribution >= 4 is 11.6 Å². The molecule has 1 atom stereocenters. The molecule has 2 rings (SSSR count). The fourth-order valence-corrected chi connectivity index (χ4v) is 2.10. The fraction of sp³-hybridized carbons (Fsp3) is 0.800.